The molecule has 0 fully saturated rings. The van der Waals surface area contributed by atoms with Crippen molar-refractivity contribution in [1.29, 1.82) is 0 Å². The maximum absolute atomic E-state index is 12.1. The molecular formula is C10H8BrCl2N3O2S. The van der Waals surface area contributed by atoms with Gasteiger partial charge in [-0.25, -0.2) is 4.98 Å². The van der Waals surface area contributed by atoms with Gasteiger partial charge in [0.2, 0.25) is 5.03 Å². The predicted octanol–water partition coefficient (Wildman–Crippen LogP) is 3.29. The molecule has 0 amide bonds. The van der Waals surface area contributed by atoms with Crippen LogP contribution in [0.2, 0.25) is 10.2 Å². The Labute approximate surface area is 128 Å². The summed E-state index contributed by atoms with van der Waals surface area (Å²) in [6.45, 7) is 0. The molecule has 2 rings (SSSR count). The van der Waals surface area contributed by atoms with Crippen LogP contribution < -0.4 is 4.72 Å². The van der Waals surface area contributed by atoms with E-state index in [1.807, 2.05) is 0 Å². The molecule has 0 aliphatic rings. The molecule has 0 aliphatic carbocycles. The Hall–Kier alpha value is -0.760. The van der Waals surface area contributed by atoms with Gasteiger partial charge in [-0.15, -0.1) is 0 Å². The fourth-order valence-electron chi connectivity index (χ4n) is 1.34. The van der Waals surface area contributed by atoms with Crippen molar-refractivity contribution in [3.05, 3.63) is 39.2 Å². The molecule has 9 heteroatoms. The monoisotopic (exact) mass is 383 g/mol. The van der Waals surface area contributed by atoms with Crippen LogP contribution in [0.4, 0.5) is 5.69 Å². The summed E-state index contributed by atoms with van der Waals surface area (Å²) in [6, 6.07) is 4.80. The van der Waals surface area contributed by atoms with Gasteiger partial charge in [0.25, 0.3) is 10.0 Å². The van der Waals surface area contributed by atoms with Gasteiger partial charge in [-0.1, -0.05) is 39.1 Å². The molecule has 1 aromatic carbocycles. The Morgan fingerprint density at radius 1 is 1.37 bits per heavy atom. The highest BCUT2D eigenvalue weighted by atomic mass is 79.9. The number of hydrogen-bond donors (Lipinski definition) is 1. The molecule has 5 nitrogen and oxygen atoms in total. The van der Waals surface area contributed by atoms with Crippen LogP contribution in [-0.2, 0) is 17.1 Å². The van der Waals surface area contributed by atoms with Gasteiger partial charge in [-0.3, -0.25) is 4.72 Å². The van der Waals surface area contributed by atoms with E-state index >= 15 is 0 Å². The number of nitrogens with zero attached hydrogens (tertiary/aromatic N) is 2. The van der Waals surface area contributed by atoms with E-state index in [2.05, 4.69) is 25.6 Å². The molecule has 0 radical (unpaired) electrons. The fourth-order valence-corrected chi connectivity index (χ4v) is 3.63. The topological polar surface area (TPSA) is 64.0 Å². The summed E-state index contributed by atoms with van der Waals surface area (Å²) in [7, 11) is -2.27. The van der Waals surface area contributed by atoms with E-state index in [9.17, 15) is 8.42 Å². The zero-order chi connectivity index (χ0) is 14.2. The van der Waals surface area contributed by atoms with Crippen molar-refractivity contribution in [2.45, 2.75) is 5.03 Å². The summed E-state index contributed by atoms with van der Waals surface area (Å²) in [4.78, 5) is 3.76. The molecule has 1 aromatic heterocycles. The van der Waals surface area contributed by atoms with Crippen molar-refractivity contribution < 1.29 is 8.42 Å². The maximum atomic E-state index is 12.1. The predicted molar refractivity (Wildman–Crippen MR) is 78.2 cm³/mol. The molecule has 2 aromatic rings. The first-order valence-electron chi connectivity index (χ1n) is 4.96. The van der Waals surface area contributed by atoms with Crippen LogP contribution in [0.5, 0.6) is 0 Å². The molecule has 0 bridgehead atoms. The highest BCUT2D eigenvalue weighted by molar-refractivity contribution is 9.10. The zero-order valence-electron chi connectivity index (χ0n) is 9.56. The van der Waals surface area contributed by atoms with Gasteiger partial charge in [-0.05, 0) is 18.2 Å². The molecule has 0 saturated carbocycles. The fraction of sp³-hybridized carbons (Fsp3) is 0.100. The lowest BCUT2D eigenvalue weighted by molar-refractivity contribution is 0.598. The molecule has 0 atom stereocenters. The average molecular weight is 385 g/mol. The van der Waals surface area contributed by atoms with Gasteiger partial charge in [0.1, 0.15) is 5.15 Å². The van der Waals surface area contributed by atoms with E-state index in [1.165, 1.54) is 10.9 Å². The van der Waals surface area contributed by atoms with Gasteiger partial charge in [0, 0.05) is 11.5 Å². The minimum atomic E-state index is -3.87. The van der Waals surface area contributed by atoms with Crippen LogP contribution in [0.15, 0.2) is 34.0 Å². The average Bonchev–Trinajstić information content (AvgIpc) is 2.64. The third kappa shape index (κ3) is 3.05. The number of nitrogens with one attached hydrogen (secondary N) is 1. The highest BCUT2D eigenvalue weighted by Gasteiger charge is 2.23. The van der Waals surface area contributed by atoms with Crippen molar-refractivity contribution in [1.82, 2.24) is 9.55 Å². The lowest BCUT2D eigenvalue weighted by atomic mass is 10.3. The summed E-state index contributed by atoms with van der Waals surface area (Å²) < 4.78 is 28.8. The second-order valence-corrected chi connectivity index (χ2v) is 6.96. The Morgan fingerprint density at radius 2 is 2.05 bits per heavy atom. The SMILES string of the molecule is Cn1cnc(S(=O)(=O)Nc2ccc(Br)cc2Cl)c1Cl. The van der Waals surface area contributed by atoms with Crippen molar-refractivity contribution in [2.24, 2.45) is 7.05 Å². The van der Waals surface area contributed by atoms with E-state index in [0.717, 1.165) is 4.47 Å². The number of aromatic nitrogens is 2. The summed E-state index contributed by atoms with van der Waals surface area (Å²) >= 11 is 15.1. The van der Waals surface area contributed by atoms with Crippen LogP contribution in [-0.4, -0.2) is 18.0 Å². The third-order valence-corrected chi connectivity index (χ3v) is 4.92. The molecular weight excluding hydrogens is 377 g/mol. The van der Waals surface area contributed by atoms with Gasteiger partial charge in [-0.2, -0.15) is 8.42 Å². The Balaban J connectivity index is 2.39. The number of anilines is 1. The van der Waals surface area contributed by atoms with E-state index in [-0.39, 0.29) is 20.9 Å². The normalized spacial score (nSPS) is 11.6. The van der Waals surface area contributed by atoms with Crippen LogP contribution in [0.3, 0.4) is 0 Å². The lowest BCUT2D eigenvalue weighted by Gasteiger charge is -2.08. The molecule has 19 heavy (non-hydrogen) atoms. The summed E-state index contributed by atoms with van der Waals surface area (Å²) in [5.74, 6) is 0. The minimum Gasteiger partial charge on any atom is -0.324 e. The van der Waals surface area contributed by atoms with Crippen molar-refractivity contribution in [2.75, 3.05) is 4.72 Å². The standard InChI is InChI=1S/C10H8BrCl2N3O2S/c1-16-5-14-10(9(16)13)19(17,18)15-8-3-2-6(11)4-7(8)12/h2-5,15H,1H3. The second kappa shape index (κ2) is 5.32. The number of rotatable bonds is 3. The Bertz CT molecular complexity index is 730. The van der Waals surface area contributed by atoms with Crippen molar-refractivity contribution in [3.63, 3.8) is 0 Å². The number of aryl methyl sites for hydroxylation is 1. The van der Waals surface area contributed by atoms with Crippen LogP contribution in [0.1, 0.15) is 0 Å². The first kappa shape index (κ1) is 14.6. The highest BCUT2D eigenvalue weighted by Crippen LogP contribution is 2.28. The molecule has 1 heterocycles. The van der Waals surface area contributed by atoms with Crippen LogP contribution in [0, 0.1) is 0 Å². The van der Waals surface area contributed by atoms with Crippen LogP contribution in [0.25, 0.3) is 0 Å². The number of benzene rings is 1. The second-order valence-electron chi connectivity index (χ2n) is 3.68. The van der Waals surface area contributed by atoms with Gasteiger partial charge >= 0.3 is 0 Å². The van der Waals surface area contributed by atoms with Gasteiger partial charge in [0.05, 0.1) is 17.0 Å². The maximum Gasteiger partial charge on any atom is 0.282 e. The molecule has 0 saturated heterocycles. The van der Waals surface area contributed by atoms with E-state index < -0.39 is 10.0 Å². The molecule has 0 spiro atoms. The first-order chi connectivity index (χ1) is 8.81. The summed E-state index contributed by atoms with van der Waals surface area (Å²) in [6.07, 6.45) is 1.32. The van der Waals surface area contributed by atoms with E-state index in [0.29, 0.717) is 0 Å². The smallest absolute Gasteiger partial charge is 0.282 e. The number of hydrogen-bond acceptors (Lipinski definition) is 3. The number of sulfonamides is 1. The minimum absolute atomic E-state index is 0.0285. The number of halogens is 3. The third-order valence-electron chi connectivity index (χ3n) is 2.26. The van der Waals surface area contributed by atoms with Gasteiger partial charge < -0.3 is 4.57 Å². The summed E-state index contributed by atoms with van der Waals surface area (Å²) in [5, 5.41) is 0.0568. The molecule has 1 N–H and O–H groups in total. The molecule has 102 valence electrons. The van der Waals surface area contributed by atoms with Gasteiger partial charge in [0.15, 0.2) is 0 Å². The van der Waals surface area contributed by atoms with Crippen molar-refractivity contribution in [3.8, 4) is 0 Å². The van der Waals surface area contributed by atoms with Crippen LogP contribution >= 0.6 is 39.1 Å². The first-order valence-corrected chi connectivity index (χ1v) is 7.99. The van der Waals surface area contributed by atoms with E-state index in [4.69, 9.17) is 23.2 Å². The quantitative estimate of drug-likeness (QED) is 0.882. The molecule has 0 aliphatic heterocycles. The largest absolute Gasteiger partial charge is 0.324 e. The zero-order valence-corrected chi connectivity index (χ0v) is 13.5. The summed E-state index contributed by atoms with van der Waals surface area (Å²) in [5.41, 5.74) is 0.256. The molecule has 0 unspecified atom stereocenters. The number of imidazole rings is 1. The van der Waals surface area contributed by atoms with E-state index in [1.54, 1.807) is 25.2 Å². The Kier molecular flexibility index (Phi) is 4.10. The Morgan fingerprint density at radius 3 is 2.58 bits per heavy atom. The van der Waals surface area contributed by atoms with Crippen molar-refractivity contribution >= 4 is 54.8 Å². The lowest BCUT2D eigenvalue weighted by Crippen LogP contribution is -2.14.